The number of carboxylic acids is 2. The molecule has 3 N–H and O–H groups in total. The summed E-state index contributed by atoms with van der Waals surface area (Å²) in [6.07, 6.45) is 7.40. The summed E-state index contributed by atoms with van der Waals surface area (Å²) >= 11 is 1.53. The van der Waals surface area contributed by atoms with Crippen molar-refractivity contribution in [3.05, 3.63) is 81.1 Å². The fourth-order valence-corrected chi connectivity index (χ4v) is 3.86. The van der Waals surface area contributed by atoms with Gasteiger partial charge in [-0.25, -0.2) is 14.6 Å². The summed E-state index contributed by atoms with van der Waals surface area (Å²) in [5.41, 5.74) is 2.13. The van der Waals surface area contributed by atoms with Gasteiger partial charge in [0, 0.05) is 36.0 Å². The van der Waals surface area contributed by atoms with Crippen molar-refractivity contribution in [2.45, 2.75) is 39.2 Å². The number of aromatic carboxylic acids is 1. The summed E-state index contributed by atoms with van der Waals surface area (Å²) in [6, 6.07) is 10.6. The van der Waals surface area contributed by atoms with E-state index < -0.39 is 22.1 Å². The molecule has 0 atom stereocenters. The lowest BCUT2D eigenvalue weighted by Crippen LogP contribution is -2.05. The Kier molecular flexibility index (Phi) is 10.4. The first-order valence-electron chi connectivity index (χ1n) is 10.7. The number of carboxylic acid groups (broad SMARTS) is 2. The molecule has 0 bridgehead atoms. The van der Waals surface area contributed by atoms with Crippen LogP contribution in [-0.2, 0) is 34.3 Å². The molecule has 0 spiro atoms. The van der Waals surface area contributed by atoms with E-state index in [1.165, 1.54) is 11.3 Å². The van der Waals surface area contributed by atoms with E-state index in [2.05, 4.69) is 11.9 Å². The topological polar surface area (TPSA) is 147 Å². The first-order chi connectivity index (χ1) is 16.5. The van der Waals surface area contributed by atoms with E-state index in [-0.39, 0.29) is 5.56 Å². The SMILES string of the molecule is CCCCc1nc(/C=C(\Cc2cccs2)C(=O)O)cn1Cc1ccc(C(=O)O)cc1.CS(=O)(=O)O. The number of unbranched alkanes of at least 4 members (excludes halogenated alkanes) is 1. The minimum Gasteiger partial charge on any atom is -0.478 e. The van der Waals surface area contributed by atoms with Gasteiger partial charge in [-0.15, -0.1) is 11.3 Å². The van der Waals surface area contributed by atoms with Gasteiger partial charge in [0.05, 0.1) is 17.5 Å². The molecular weight excluding hydrogens is 492 g/mol. The second-order valence-electron chi connectivity index (χ2n) is 7.78. The first kappa shape index (κ1) is 28.0. The van der Waals surface area contributed by atoms with Crippen LogP contribution < -0.4 is 0 Å². The van der Waals surface area contributed by atoms with E-state index in [4.69, 9.17) is 9.66 Å². The second kappa shape index (κ2) is 13.0. The second-order valence-corrected chi connectivity index (χ2v) is 10.3. The highest BCUT2D eigenvalue weighted by Crippen LogP contribution is 2.18. The molecule has 9 nitrogen and oxygen atoms in total. The molecule has 0 radical (unpaired) electrons. The van der Waals surface area contributed by atoms with Crippen molar-refractivity contribution in [2.75, 3.05) is 6.26 Å². The summed E-state index contributed by atoms with van der Waals surface area (Å²) in [7, 11) is -3.67. The number of nitrogens with zero attached hydrogens (tertiary/aromatic N) is 2. The number of aryl methyl sites for hydroxylation is 1. The number of aromatic nitrogens is 2. The number of imidazole rings is 1. The Morgan fingerprint density at radius 3 is 2.31 bits per heavy atom. The van der Waals surface area contributed by atoms with Crippen LogP contribution in [0.15, 0.2) is 53.5 Å². The van der Waals surface area contributed by atoms with Gasteiger partial charge in [-0.1, -0.05) is 31.5 Å². The predicted octanol–water partition coefficient (Wildman–Crippen LogP) is 4.25. The smallest absolute Gasteiger partial charge is 0.335 e. The van der Waals surface area contributed by atoms with Crippen molar-refractivity contribution < 1.29 is 32.8 Å². The maximum atomic E-state index is 11.7. The van der Waals surface area contributed by atoms with Gasteiger partial charge in [0.1, 0.15) is 5.82 Å². The Morgan fingerprint density at radius 2 is 1.80 bits per heavy atom. The van der Waals surface area contributed by atoms with E-state index in [9.17, 15) is 23.1 Å². The van der Waals surface area contributed by atoms with Gasteiger partial charge in [-0.3, -0.25) is 4.55 Å². The highest BCUT2D eigenvalue weighted by atomic mass is 32.2. The quantitative estimate of drug-likeness (QED) is 0.266. The molecule has 0 aliphatic heterocycles. The van der Waals surface area contributed by atoms with Crippen LogP contribution in [0.1, 0.15) is 52.1 Å². The number of benzene rings is 1. The van der Waals surface area contributed by atoms with Crippen molar-refractivity contribution >= 4 is 39.5 Å². The van der Waals surface area contributed by atoms with Crippen LogP contribution in [0.3, 0.4) is 0 Å². The Labute approximate surface area is 208 Å². The zero-order valence-electron chi connectivity index (χ0n) is 19.4. The van der Waals surface area contributed by atoms with E-state index in [0.29, 0.717) is 30.5 Å². The van der Waals surface area contributed by atoms with Crippen LogP contribution in [0.25, 0.3) is 6.08 Å². The Hall–Kier alpha value is -3.28. The Morgan fingerprint density at radius 1 is 1.14 bits per heavy atom. The van der Waals surface area contributed by atoms with Gasteiger partial charge in [-0.05, 0) is 41.6 Å². The monoisotopic (exact) mass is 520 g/mol. The maximum Gasteiger partial charge on any atom is 0.335 e. The number of carbonyl (C=O) groups is 2. The van der Waals surface area contributed by atoms with Crippen LogP contribution >= 0.6 is 11.3 Å². The van der Waals surface area contributed by atoms with E-state index >= 15 is 0 Å². The summed E-state index contributed by atoms with van der Waals surface area (Å²) in [5.74, 6) is -1.00. The Balaban J connectivity index is 0.000000784. The van der Waals surface area contributed by atoms with Gasteiger partial charge in [0.15, 0.2) is 0 Å². The van der Waals surface area contributed by atoms with Crippen LogP contribution in [0.5, 0.6) is 0 Å². The molecule has 35 heavy (non-hydrogen) atoms. The molecule has 2 aromatic heterocycles. The molecule has 0 aliphatic carbocycles. The zero-order valence-corrected chi connectivity index (χ0v) is 21.1. The van der Waals surface area contributed by atoms with E-state index in [0.717, 1.165) is 35.5 Å². The van der Waals surface area contributed by atoms with Crippen molar-refractivity contribution in [1.82, 2.24) is 9.55 Å². The van der Waals surface area contributed by atoms with Crippen molar-refractivity contribution in [3.63, 3.8) is 0 Å². The largest absolute Gasteiger partial charge is 0.478 e. The lowest BCUT2D eigenvalue weighted by Gasteiger charge is -2.08. The average Bonchev–Trinajstić information content (AvgIpc) is 3.41. The number of hydrogen-bond acceptors (Lipinski definition) is 6. The molecule has 0 fully saturated rings. The zero-order chi connectivity index (χ0) is 26.0. The average molecular weight is 521 g/mol. The summed E-state index contributed by atoms with van der Waals surface area (Å²) < 4.78 is 27.9. The fourth-order valence-electron chi connectivity index (χ4n) is 3.13. The molecule has 1 aromatic carbocycles. The molecule has 2 heterocycles. The first-order valence-corrected chi connectivity index (χ1v) is 13.5. The van der Waals surface area contributed by atoms with Crippen LogP contribution in [0, 0.1) is 0 Å². The molecule has 3 rings (SSSR count). The van der Waals surface area contributed by atoms with Crippen molar-refractivity contribution in [2.24, 2.45) is 0 Å². The highest BCUT2D eigenvalue weighted by Gasteiger charge is 2.13. The number of hydrogen-bond donors (Lipinski definition) is 3. The number of rotatable bonds is 10. The van der Waals surface area contributed by atoms with Gasteiger partial charge in [0.2, 0.25) is 0 Å². The van der Waals surface area contributed by atoms with E-state index in [1.54, 1.807) is 30.3 Å². The normalized spacial score (nSPS) is 11.6. The third-order valence-corrected chi connectivity index (χ3v) is 5.60. The minimum absolute atomic E-state index is 0.249. The molecule has 0 unspecified atom stereocenters. The standard InChI is InChI=1S/C23H24N2O4S.CH4O3S/c1-2-3-6-21-24-19(12-18(23(28)29)13-20-5-4-11-30-20)15-25(21)14-16-7-9-17(10-8-16)22(26)27;1-5(2,3)4/h4-5,7-12,15H,2-3,6,13-14H2,1H3,(H,26,27)(H,28,29);1H3,(H,2,3,4)/b18-12+;. The molecule has 0 aliphatic rings. The maximum absolute atomic E-state index is 11.7. The van der Waals surface area contributed by atoms with Crippen molar-refractivity contribution in [3.8, 4) is 0 Å². The lowest BCUT2D eigenvalue weighted by molar-refractivity contribution is -0.132. The third-order valence-electron chi connectivity index (χ3n) is 4.73. The summed E-state index contributed by atoms with van der Waals surface area (Å²) in [4.78, 5) is 28.4. The van der Waals surface area contributed by atoms with Crippen molar-refractivity contribution in [1.29, 1.82) is 0 Å². The van der Waals surface area contributed by atoms with Gasteiger partial charge < -0.3 is 14.8 Å². The highest BCUT2D eigenvalue weighted by molar-refractivity contribution is 7.85. The predicted molar refractivity (Wildman–Crippen MR) is 134 cm³/mol. The molecule has 0 amide bonds. The van der Waals surface area contributed by atoms with Crippen LogP contribution in [0.4, 0.5) is 0 Å². The van der Waals surface area contributed by atoms with Gasteiger partial charge in [0.25, 0.3) is 10.1 Å². The third kappa shape index (κ3) is 10.3. The molecule has 3 aromatic rings. The van der Waals surface area contributed by atoms with Crippen LogP contribution in [-0.4, -0.2) is 50.9 Å². The fraction of sp³-hybridized carbons (Fsp3) is 0.292. The van der Waals surface area contributed by atoms with E-state index in [1.807, 2.05) is 28.3 Å². The lowest BCUT2D eigenvalue weighted by atomic mass is 10.1. The number of thiophene rings is 1. The molecule has 0 saturated heterocycles. The molecule has 11 heteroatoms. The van der Waals surface area contributed by atoms with Gasteiger partial charge >= 0.3 is 11.9 Å². The van der Waals surface area contributed by atoms with Gasteiger partial charge in [-0.2, -0.15) is 8.42 Å². The Bertz CT molecular complexity index is 1250. The summed E-state index contributed by atoms with van der Waals surface area (Å²) in [6.45, 7) is 2.66. The molecule has 188 valence electrons. The molecule has 0 saturated carbocycles. The minimum atomic E-state index is -3.67. The number of aliphatic carboxylic acids is 1. The summed E-state index contributed by atoms with van der Waals surface area (Å²) in [5, 5.41) is 20.6. The molecular formula is C24H28N2O7S2. The van der Waals surface area contributed by atoms with Crippen LogP contribution in [0.2, 0.25) is 0 Å².